The predicted molar refractivity (Wildman–Crippen MR) is 78.7 cm³/mol. The second-order valence-electron chi connectivity index (χ2n) is 5.95. The summed E-state index contributed by atoms with van der Waals surface area (Å²) in [7, 11) is 0. The number of unbranched alkanes of at least 4 members (excludes halogenated alkanes) is 1. The summed E-state index contributed by atoms with van der Waals surface area (Å²) < 4.78 is 0. The minimum atomic E-state index is 0.484. The number of nitrogens with one attached hydrogen (secondary N) is 1. The minimum absolute atomic E-state index is 0.484. The van der Waals surface area contributed by atoms with E-state index in [2.05, 4.69) is 50.4 Å². The molecule has 0 heterocycles. The van der Waals surface area contributed by atoms with Crippen molar-refractivity contribution in [3.05, 3.63) is 35.4 Å². The number of hydrogen-bond donors (Lipinski definition) is 1. The van der Waals surface area contributed by atoms with Gasteiger partial charge in [0, 0.05) is 6.04 Å². The Morgan fingerprint density at radius 3 is 2.50 bits per heavy atom. The molecule has 1 fully saturated rings. The highest BCUT2D eigenvalue weighted by molar-refractivity contribution is 5.24. The normalized spacial score (nSPS) is 23.9. The molecule has 1 N–H and O–H groups in total. The van der Waals surface area contributed by atoms with E-state index < -0.39 is 0 Å². The van der Waals surface area contributed by atoms with Crippen molar-refractivity contribution in [2.75, 3.05) is 6.54 Å². The van der Waals surface area contributed by atoms with Crippen LogP contribution in [0.2, 0.25) is 0 Å². The zero-order valence-corrected chi connectivity index (χ0v) is 12.1. The average Bonchev–Trinajstić information content (AvgIpc) is 3.10. The topological polar surface area (TPSA) is 12.0 Å². The van der Waals surface area contributed by atoms with E-state index in [4.69, 9.17) is 0 Å². The predicted octanol–water partition coefficient (Wildman–Crippen LogP) is 4.34. The van der Waals surface area contributed by atoms with Crippen LogP contribution < -0.4 is 5.32 Å². The molecule has 100 valence electrons. The van der Waals surface area contributed by atoms with Gasteiger partial charge in [0.15, 0.2) is 0 Å². The lowest BCUT2D eigenvalue weighted by atomic mass is 10.0. The van der Waals surface area contributed by atoms with Gasteiger partial charge in [0.25, 0.3) is 0 Å². The molecular weight excluding hydrogens is 218 g/mol. The molecule has 0 radical (unpaired) electrons. The molecule has 1 nitrogen and oxygen atoms in total. The minimum Gasteiger partial charge on any atom is -0.310 e. The van der Waals surface area contributed by atoms with Gasteiger partial charge in [-0.1, -0.05) is 44.5 Å². The van der Waals surface area contributed by atoms with Gasteiger partial charge in [-0.25, -0.2) is 0 Å². The molecule has 0 spiro atoms. The summed E-state index contributed by atoms with van der Waals surface area (Å²) in [6, 6.07) is 9.65. The first-order chi connectivity index (χ1) is 8.70. The molecule has 0 amide bonds. The Hall–Kier alpha value is -0.820. The van der Waals surface area contributed by atoms with Crippen molar-refractivity contribution in [2.45, 2.75) is 52.5 Å². The summed E-state index contributed by atoms with van der Waals surface area (Å²) in [5.41, 5.74) is 2.90. The molecule has 0 saturated heterocycles. The smallest absolute Gasteiger partial charge is 0.0291 e. The molecule has 0 bridgehead atoms. The highest BCUT2D eigenvalue weighted by Gasteiger charge is 2.32. The first kappa shape index (κ1) is 13.6. The van der Waals surface area contributed by atoms with E-state index in [9.17, 15) is 0 Å². The fraction of sp³-hybridized carbons (Fsp3) is 0.647. The van der Waals surface area contributed by atoms with Crippen LogP contribution in [0.1, 0.15) is 57.2 Å². The quantitative estimate of drug-likeness (QED) is 0.753. The van der Waals surface area contributed by atoms with E-state index in [-0.39, 0.29) is 0 Å². The Labute approximate surface area is 112 Å². The molecule has 3 atom stereocenters. The van der Waals surface area contributed by atoms with Crippen molar-refractivity contribution in [3.63, 3.8) is 0 Å². The van der Waals surface area contributed by atoms with Gasteiger partial charge in [-0.05, 0) is 55.7 Å². The van der Waals surface area contributed by atoms with Crippen LogP contribution in [0, 0.1) is 11.8 Å². The van der Waals surface area contributed by atoms with Gasteiger partial charge >= 0.3 is 0 Å². The van der Waals surface area contributed by atoms with Gasteiger partial charge in [-0.2, -0.15) is 0 Å². The Bertz CT molecular complexity index is 354. The van der Waals surface area contributed by atoms with E-state index in [1.54, 1.807) is 0 Å². The van der Waals surface area contributed by atoms with Crippen LogP contribution in [0.15, 0.2) is 24.3 Å². The monoisotopic (exact) mass is 245 g/mol. The van der Waals surface area contributed by atoms with Crippen LogP contribution in [-0.4, -0.2) is 6.54 Å². The lowest BCUT2D eigenvalue weighted by molar-refractivity contribution is 0.535. The lowest BCUT2D eigenvalue weighted by Gasteiger charge is -2.14. The first-order valence-corrected chi connectivity index (χ1v) is 7.53. The lowest BCUT2D eigenvalue weighted by Crippen LogP contribution is -2.21. The van der Waals surface area contributed by atoms with Crippen molar-refractivity contribution >= 4 is 0 Å². The van der Waals surface area contributed by atoms with Gasteiger partial charge < -0.3 is 5.32 Å². The Morgan fingerprint density at radius 2 is 1.94 bits per heavy atom. The number of benzene rings is 1. The molecule has 1 aromatic carbocycles. The van der Waals surface area contributed by atoms with Crippen molar-refractivity contribution < 1.29 is 0 Å². The highest BCUT2D eigenvalue weighted by atomic mass is 14.9. The molecule has 3 unspecified atom stereocenters. The summed E-state index contributed by atoms with van der Waals surface area (Å²) in [6.45, 7) is 8.05. The average molecular weight is 245 g/mol. The van der Waals surface area contributed by atoms with Crippen LogP contribution >= 0.6 is 0 Å². The van der Waals surface area contributed by atoms with Crippen LogP contribution in [0.25, 0.3) is 0 Å². The molecule has 1 heteroatoms. The van der Waals surface area contributed by atoms with Crippen molar-refractivity contribution in [2.24, 2.45) is 11.8 Å². The van der Waals surface area contributed by atoms with Crippen LogP contribution in [0.3, 0.4) is 0 Å². The summed E-state index contributed by atoms with van der Waals surface area (Å²) in [6.07, 6.45) is 5.21. The summed E-state index contributed by atoms with van der Waals surface area (Å²) >= 11 is 0. The molecule has 1 aliphatic carbocycles. The van der Waals surface area contributed by atoms with E-state index in [0.29, 0.717) is 6.04 Å². The van der Waals surface area contributed by atoms with Gasteiger partial charge in [0.1, 0.15) is 0 Å². The number of rotatable bonds is 7. The first-order valence-electron chi connectivity index (χ1n) is 7.53. The fourth-order valence-electron chi connectivity index (χ4n) is 2.48. The highest BCUT2D eigenvalue weighted by Crippen LogP contribution is 2.37. The van der Waals surface area contributed by atoms with Crippen LogP contribution in [0.5, 0.6) is 0 Å². The SMILES string of the molecule is CCCCc1ccc(C(C)NCC2CC2C)cc1. The van der Waals surface area contributed by atoms with E-state index in [1.165, 1.54) is 43.4 Å². The summed E-state index contributed by atoms with van der Waals surface area (Å²) in [5, 5.41) is 3.65. The van der Waals surface area contributed by atoms with E-state index in [1.807, 2.05) is 0 Å². The van der Waals surface area contributed by atoms with Gasteiger partial charge in [-0.15, -0.1) is 0 Å². The number of hydrogen-bond acceptors (Lipinski definition) is 1. The molecular formula is C17H27N. The second kappa shape index (κ2) is 6.38. The maximum absolute atomic E-state index is 3.65. The fourth-order valence-corrected chi connectivity index (χ4v) is 2.48. The van der Waals surface area contributed by atoms with E-state index in [0.717, 1.165) is 11.8 Å². The largest absolute Gasteiger partial charge is 0.310 e. The third-order valence-electron chi connectivity index (χ3n) is 4.26. The van der Waals surface area contributed by atoms with Gasteiger partial charge in [-0.3, -0.25) is 0 Å². The van der Waals surface area contributed by atoms with Crippen molar-refractivity contribution in [3.8, 4) is 0 Å². The third kappa shape index (κ3) is 3.84. The molecule has 18 heavy (non-hydrogen) atoms. The van der Waals surface area contributed by atoms with Gasteiger partial charge in [0.05, 0.1) is 0 Å². The second-order valence-corrected chi connectivity index (χ2v) is 5.95. The zero-order valence-electron chi connectivity index (χ0n) is 12.1. The van der Waals surface area contributed by atoms with Crippen LogP contribution in [0.4, 0.5) is 0 Å². The molecule has 1 aromatic rings. The molecule has 1 saturated carbocycles. The Morgan fingerprint density at radius 1 is 1.28 bits per heavy atom. The standard InChI is InChI=1S/C17H27N/c1-4-5-6-15-7-9-16(10-8-15)14(3)18-12-17-11-13(17)2/h7-10,13-14,17-18H,4-6,11-12H2,1-3H3. The van der Waals surface area contributed by atoms with Crippen LogP contribution in [-0.2, 0) is 6.42 Å². The maximum atomic E-state index is 3.65. The van der Waals surface area contributed by atoms with Gasteiger partial charge in [0.2, 0.25) is 0 Å². The number of aryl methyl sites for hydroxylation is 1. The Balaban J connectivity index is 1.80. The molecule has 1 aliphatic rings. The summed E-state index contributed by atoms with van der Waals surface area (Å²) in [5.74, 6) is 1.87. The van der Waals surface area contributed by atoms with Crippen molar-refractivity contribution in [1.82, 2.24) is 5.32 Å². The zero-order chi connectivity index (χ0) is 13.0. The maximum Gasteiger partial charge on any atom is 0.0291 e. The third-order valence-corrected chi connectivity index (χ3v) is 4.26. The summed E-state index contributed by atoms with van der Waals surface area (Å²) in [4.78, 5) is 0. The molecule has 2 rings (SSSR count). The molecule has 0 aliphatic heterocycles. The molecule has 0 aromatic heterocycles. The Kier molecular flexibility index (Phi) is 4.82. The van der Waals surface area contributed by atoms with E-state index >= 15 is 0 Å². The van der Waals surface area contributed by atoms with Crippen molar-refractivity contribution in [1.29, 1.82) is 0 Å².